The molecule has 0 N–H and O–H groups in total. The fourth-order valence-corrected chi connectivity index (χ4v) is 2.54. The highest BCUT2D eigenvalue weighted by molar-refractivity contribution is 7.99. The van der Waals surface area contributed by atoms with Crippen molar-refractivity contribution in [2.45, 2.75) is 0 Å². The minimum Gasteiger partial charge on any atom is -0.355 e. The van der Waals surface area contributed by atoms with Gasteiger partial charge in [0.2, 0.25) is 0 Å². The highest BCUT2D eigenvalue weighted by Gasteiger charge is 2.09. The van der Waals surface area contributed by atoms with Crippen molar-refractivity contribution in [3.05, 3.63) is 24.4 Å². The lowest BCUT2D eigenvalue weighted by Crippen LogP contribution is -2.32. The normalized spacial score (nSPS) is 18.5. The zero-order valence-corrected chi connectivity index (χ0v) is 8.03. The number of rotatable bonds is 1. The Morgan fingerprint density at radius 1 is 1.25 bits per heavy atom. The van der Waals surface area contributed by atoms with Gasteiger partial charge in [0.05, 0.1) is 0 Å². The summed E-state index contributed by atoms with van der Waals surface area (Å²) in [5, 5.41) is 0. The maximum Gasteiger partial charge on any atom is 0.128 e. The van der Waals surface area contributed by atoms with Gasteiger partial charge in [0.25, 0.3) is 0 Å². The molecule has 0 spiro atoms. The molecule has 12 heavy (non-hydrogen) atoms. The van der Waals surface area contributed by atoms with Gasteiger partial charge in [-0.1, -0.05) is 6.07 Å². The molecule has 0 radical (unpaired) electrons. The smallest absolute Gasteiger partial charge is 0.128 e. The topological polar surface area (TPSA) is 16.1 Å². The van der Waals surface area contributed by atoms with Gasteiger partial charge in [0.1, 0.15) is 5.82 Å². The molecule has 0 amide bonds. The van der Waals surface area contributed by atoms with E-state index < -0.39 is 0 Å². The summed E-state index contributed by atoms with van der Waals surface area (Å²) in [6.07, 6.45) is 1.87. The highest BCUT2D eigenvalue weighted by Crippen LogP contribution is 2.15. The van der Waals surface area contributed by atoms with Crippen molar-refractivity contribution in [3.63, 3.8) is 0 Å². The van der Waals surface area contributed by atoms with Crippen LogP contribution in [0.1, 0.15) is 0 Å². The Balaban J connectivity index is 2.08. The van der Waals surface area contributed by atoms with E-state index in [9.17, 15) is 0 Å². The number of anilines is 1. The van der Waals surface area contributed by atoms with Gasteiger partial charge in [-0.2, -0.15) is 0 Å². The SMILES string of the molecule is c1ccc(N2CC[SH2]CC2)nc1. The van der Waals surface area contributed by atoms with Crippen LogP contribution in [0.15, 0.2) is 24.4 Å². The largest absolute Gasteiger partial charge is 0.355 e. The van der Waals surface area contributed by atoms with E-state index in [1.54, 1.807) is 0 Å². The van der Waals surface area contributed by atoms with E-state index in [1.165, 1.54) is 24.6 Å². The molecule has 2 heterocycles. The van der Waals surface area contributed by atoms with Gasteiger partial charge in [0, 0.05) is 19.3 Å². The summed E-state index contributed by atoms with van der Waals surface area (Å²) >= 11 is 1.16. The quantitative estimate of drug-likeness (QED) is 0.646. The predicted molar refractivity (Wildman–Crippen MR) is 56.6 cm³/mol. The van der Waals surface area contributed by atoms with Gasteiger partial charge >= 0.3 is 0 Å². The Hall–Kier alpha value is -0.700. The van der Waals surface area contributed by atoms with Gasteiger partial charge < -0.3 is 4.90 Å². The van der Waals surface area contributed by atoms with Crippen LogP contribution < -0.4 is 4.90 Å². The molecule has 0 saturated carbocycles. The average Bonchev–Trinajstić information content (AvgIpc) is 2.21. The average molecular weight is 182 g/mol. The molecular formula is C9H14N2S. The van der Waals surface area contributed by atoms with Gasteiger partial charge in [0.15, 0.2) is 0 Å². The number of hydrogen-bond acceptors (Lipinski definition) is 2. The zero-order valence-electron chi connectivity index (χ0n) is 7.03. The highest BCUT2D eigenvalue weighted by atomic mass is 32.2. The Labute approximate surface area is 77.0 Å². The predicted octanol–water partition coefficient (Wildman–Crippen LogP) is 1.10. The molecule has 1 aromatic heterocycles. The Kier molecular flexibility index (Phi) is 2.51. The number of aromatic nitrogens is 1. The number of hydrogen-bond donors (Lipinski definition) is 0. The molecule has 0 unspecified atom stereocenters. The van der Waals surface area contributed by atoms with Crippen LogP contribution in [0.3, 0.4) is 0 Å². The minimum atomic E-state index is 1.14. The van der Waals surface area contributed by atoms with Crippen molar-refractivity contribution in [2.24, 2.45) is 0 Å². The fourth-order valence-electron chi connectivity index (χ4n) is 1.43. The van der Waals surface area contributed by atoms with Crippen LogP contribution in [0.5, 0.6) is 0 Å². The second-order valence-electron chi connectivity index (χ2n) is 2.92. The third kappa shape index (κ3) is 1.72. The van der Waals surface area contributed by atoms with Gasteiger partial charge in [-0.25, -0.2) is 4.98 Å². The summed E-state index contributed by atoms with van der Waals surface area (Å²) in [5.41, 5.74) is 0. The van der Waals surface area contributed by atoms with Crippen molar-refractivity contribution < 1.29 is 0 Å². The van der Waals surface area contributed by atoms with Crippen LogP contribution in [0.25, 0.3) is 0 Å². The Morgan fingerprint density at radius 2 is 2.08 bits per heavy atom. The molecule has 1 saturated heterocycles. The van der Waals surface area contributed by atoms with Crippen molar-refractivity contribution >= 4 is 17.6 Å². The minimum absolute atomic E-state index is 1.14. The number of nitrogens with zero attached hydrogens (tertiary/aromatic N) is 2. The monoisotopic (exact) mass is 182 g/mol. The summed E-state index contributed by atoms with van der Waals surface area (Å²) in [6, 6.07) is 6.11. The van der Waals surface area contributed by atoms with Crippen LogP contribution in [-0.4, -0.2) is 29.6 Å². The first-order chi connectivity index (χ1) is 5.97. The molecule has 0 bridgehead atoms. The van der Waals surface area contributed by atoms with E-state index in [2.05, 4.69) is 22.0 Å². The van der Waals surface area contributed by atoms with Crippen LogP contribution in [-0.2, 0) is 0 Å². The Morgan fingerprint density at radius 3 is 2.75 bits per heavy atom. The van der Waals surface area contributed by atoms with Crippen LogP contribution in [0.2, 0.25) is 0 Å². The van der Waals surface area contributed by atoms with Gasteiger partial charge in [-0.3, -0.25) is 11.8 Å². The fraction of sp³-hybridized carbons (Fsp3) is 0.444. The maximum atomic E-state index is 4.33. The van der Waals surface area contributed by atoms with E-state index in [4.69, 9.17) is 0 Å². The van der Waals surface area contributed by atoms with Crippen molar-refractivity contribution in [1.29, 1.82) is 0 Å². The molecule has 1 aliphatic rings. The first-order valence-corrected chi connectivity index (χ1v) is 5.75. The second-order valence-corrected chi connectivity index (χ2v) is 4.42. The summed E-state index contributed by atoms with van der Waals surface area (Å²) in [4.78, 5) is 6.70. The van der Waals surface area contributed by atoms with E-state index >= 15 is 0 Å². The molecule has 0 aromatic carbocycles. The molecule has 1 aliphatic heterocycles. The van der Waals surface area contributed by atoms with Gasteiger partial charge in [-0.15, -0.1) is 0 Å². The van der Waals surface area contributed by atoms with E-state index in [0.29, 0.717) is 0 Å². The van der Waals surface area contributed by atoms with Crippen LogP contribution in [0, 0.1) is 0 Å². The molecule has 1 fully saturated rings. The van der Waals surface area contributed by atoms with E-state index in [0.717, 1.165) is 17.6 Å². The van der Waals surface area contributed by atoms with E-state index in [-0.39, 0.29) is 0 Å². The van der Waals surface area contributed by atoms with Crippen LogP contribution in [0.4, 0.5) is 5.82 Å². The van der Waals surface area contributed by atoms with Crippen LogP contribution >= 0.6 is 11.8 Å². The Bertz CT molecular complexity index is 232. The van der Waals surface area contributed by atoms with E-state index in [1.807, 2.05) is 12.3 Å². The number of pyridine rings is 1. The lowest BCUT2D eigenvalue weighted by atomic mass is 10.4. The zero-order chi connectivity index (χ0) is 8.23. The van der Waals surface area contributed by atoms with Gasteiger partial charge in [-0.05, 0) is 23.6 Å². The van der Waals surface area contributed by atoms with Crippen molar-refractivity contribution in [1.82, 2.24) is 4.98 Å². The first-order valence-electron chi connectivity index (χ1n) is 4.33. The molecule has 2 rings (SSSR count). The maximum absolute atomic E-state index is 4.33. The lowest BCUT2D eigenvalue weighted by molar-refractivity contribution is 0.839. The molecule has 0 aliphatic carbocycles. The molecular weight excluding hydrogens is 168 g/mol. The standard InChI is InChI=1S/C9H14N2S/c1-2-4-10-9(3-1)11-5-7-12-8-6-11/h1-4H,5-8,12H2. The first kappa shape index (κ1) is 7.92. The summed E-state index contributed by atoms with van der Waals surface area (Å²) < 4.78 is 0. The third-order valence-electron chi connectivity index (χ3n) is 2.09. The lowest BCUT2D eigenvalue weighted by Gasteiger charge is -2.28. The summed E-state index contributed by atoms with van der Waals surface area (Å²) in [7, 11) is 0. The molecule has 0 atom stereocenters. The molecule has 66 valence electrons. The third-order valence-corrected chi connectivity index (χ3v) is 3.24. The summed E-state index contributed by atoms with van der Waals surface area (Å²) in [6.45, 7) is 2.38. The van der Waals surface area contributed by atoms with Crippen molar-refractivity contribution in [2.75, 3.05) is 29.5 Å². The van der Waals surface area contributed by atoms with Crippen molar-refractivity contribution in [3.8, 4) is 0 Å². The molecule has 1 aromatic rings. The summed E-state index contributed by atoms with van der Waals surface area (Å²) in [5.74, 6) is 3.83. The second kappa shape index (κ2) is 3.81. The molecule has 2 nitrogen and oxygen atoms in total. The molecule has 3 heteroatoms.